The monoisotopic (exact) mass is 305 g/mol. The van der Waals surface area contributed by atoms with Crippen molar-refractivity contribution in [1.29, 1.82) is 0 Å². The molecule has 7 heteroatoms. The van der Waals surface area contributed by atoms with Gasteiger partial charge >= 0.3 is 0 Å². The normalized spacial score (nSPS) is 42.5. The first kappa shape index (κ1) is 14.1. The number of carbonyl (C=O) groups excluding carboxylic acids is 1. The second-order valence-electron chi connectivity index (χ2n) is 7.88. The van der Waals surface area contributed by atoms with Crippen LogP contribution in [0, 0.1) is 16.7 Å². The molecule has 4 atom stereocenters. The standard InChI is InChI=1S/C15H23N5O2/c1-2-13-3-10-4-14(7-13,9-15(22,5-10)8-13)12(21)16-6-11-17-19-20-18-11/h10,22H,2-9H2,1H3,(H,16,21)(H,17,18,19,20)/t10-,13-,14-,15-/m1/s1. The minimum absolute atomic E-state index is 0.0534. The third-order valence-corrected chi connectivity index (χ3v) is 6.18. The van der Waals surface area contributed by atoms with Gasteiger partial charge in [0.2, 0.25) is 5.91 Å². The lowest BCUT2D eigenvalue weighted by molar-refractivity contribution is -0.204. The number of hydrogen-bond acceptors (Lipinski definition) is 5. The van der Waals surface area contributed by atoms with Crippen molar-refractivity contribution < 1.29 is 9.90 Å². The van der Waals surface area contributed by atoms with Gasteiger partial charge in [0.05, 0.1) is 17.6 Å². The Morgan fingerprint density at radius 1 is 1.36 bits per heavy atom. The second-order valence-corrected chi connectivity index (χ2v) is 7.88. The van der Waals surface area contributed by atoms with Crippen molar-refractivity contribution in [3.05, 3.63) is 5.82 Å². The predicted molar refractivity (Wildman–Crippen MR) is 77.3 cm³/mol. The molecule has 4 aliphatic rings. The number of aliphatic hydroxyl groups is 1. The summed E-state index contributed by atoms with van der Waals surface area (Å²) in [6, 6.07) is 0. The Bertz CT molecular complexity index is 591. The van der Waals surface area contributed by atoms with Crippen molar-refractivity contribution in [2.24, 2.45) is 16.7 Å². The Hall–Kier alpha value is -1.50. The predicted octanol–water partition coefficient (Wildman–Crippen LogP) is 0.927. The molecule has 0 saturated heterocycles. The first-order valence-corrected chi connectivity index (χ1v) is 8.20. The molecular formula is C15H23N5O2. The van der Waals surface area contributed by atoms with Crippen LogP contribution >= 0.6 is 0 Å². The van der Waals surface area contributed by atoms with E-state index in [1.807, 2.05) is 0 Å². The van der Waals surface area contributed by atoms with Crippen LogP contribution in [-0.2, 0) is 11.3 Å². The van der Waals surface area contributed by atoms with Gasteiger partial charge in [0.25, 0.3) is 0 Å². The molecule has 4 fully saturated rings. The van der Waals surface area contributed by atoms with Crippen LogP contribution in [0.1, 0.15) is 57.7 Å². The first-order chi connectivity index (χ1) is 10.5. The minimum Gasteiger partial charge on any atom is -0.390 e. The molecule has 3 N–H and O–H groups in total. The van der Waals surface area contributed by atoms with E-state index in [9.17, 15) is 9.90 Å². The van der Waals surface area contributed by atoms with Crippen LogP contribution in [0.4, 0.5) is 0 Å². The molecule has 4 aliphatic carbocycles. The maximum absolute atomic E-state index is 12.9. The van der Waals surface area contributed by atoms with Crippen molar-refractivity contribution in [2.45, 2.75) is 64.0 Å². The number of carbonyl (C=O) groups is 1. The number of aromatic nitrogens is 4. The fourth-order valence-electron chi connectivity index (χ4n) is 5.84. The summed E-state index contributed by atoms with van der Waals surface area (Å²) in [5.74, 6) is 1.02. The molecule has 5 rings (SSSR count). The summed E-state index contributed by atoms with van der Waals surface area (Å²) >= 11 is 0. The average Bonchev–Trinajstić information content (AvgIpc) is 2.95. The highest BCUT2D eigenvalue weighted by Crippen LogP contribution is 2.67. The summed E-state index contributed by atoms with van der Waals surface area (Å²) in [6.07, 6.45) is 6.39. The first-order valence-electron chi connectivity index (χ1n) is 8.20. The number of amides is 1. The van der Waals surface area contributed by atoms with Crippen molar-refractivity contribution in [3.8, 4) is 0 Å². The molecule has 22 heavy (non-hydrogen) atoms. The summed E-state index contributed by atoms with van der Waals surface area (Å²) in [7, 11) is 0. The molecule has 0 aromatic carbocycles. The number of nitrogens with one attached hydrogen (secondary N) is 2. The van der Waals surface area contributed by atoms with Crippen LogP contribution in [0.15, 0.2) is 0 Å². The van der Waals surface area contributed by atoms with Crippen LogP contribution < -0.4 is 5.32 Å². The van der Waals surface area contributed by atoms with Gasteiger partial charge in [-0.2, -0.15) is 5.21 Å². The Kier molecular flexibility index (Phi) is 2.89. The van der Waals surface area contributed by atoms with E-state index in [4.69, 9.17) is 0 Å². The molecule has 7 nitrogen and oxygen atoms in total. The van der Waals surface area contributed by atoms with Crippen LogP contribution in [0.5, 0.6) is 0 Å². The number of aromatic amines is 1. The van der Waals surface area contributed by atoms with Gasteiger partial charge in [-0.15, -0.1) is 10.2 Å². The second kappa shape index (κ2) is 4.50. The van der Waals surface area contributed by atoms with Gasteiger partial charge in [0.15, 0.2) is 5.82 Å². The topological polar surface area (TPSA) is 104 Å². The van der Waals surface area contributed by atoms with Gasteiger partial charge in [-0.1, -0.05) is 18.6 Å². The number of nitrogens with zero attached hydrogens (tertiary/aromatic N) is 3. The highest BCUT2D eigenvalue weighted by Gasteiger charge is 2.64. The van der Waals surface area contributed by atoms with E-state index in [2.05, 4.69) is 32.9 Å². The Morgan fingerprint density at radius 3 is 2.91 bits per heavy atom. The lowest BCUT2D eigenvalue weighted by Crippen LogP contribution is -2.63. The summed E-state index contributed by atoms with van der Waals surface area (Å²) in [5.41, 5.74) is -0.898. The zero-order valence-electron chi connectivity index (χ0n) is 12.9. The molecule has 120 valence electrons. The Labute approximate surface area is 129 Å². The number of tetrazole rings is 1. The number of hydrogen-bond donors (Lipinski definition) is 3. The molecular weight excluding hydrogens is 282 g/mol. The van der Waals surface area contributed by atoms with Crippen LogP contribution in [0.25, 0.3) is 0 Å². The Morgan fingerprint density at radius 2 is 2.23 bits per heavy atom. The van der Waals surface area contributed by atoms with Gasteiger partial charge in [-0.05, 0) is 49.9 Å². The third kappa shape index (κ3) is 2.06. The molecule has 0 unspecified atom stereocenters. The molecule has 1 aromatic rings. The number of H-pyrrole nitrogens is 1. The lowest BCUT2D eigenvalue weighted by atomic mass is 9.42. The third-order valence-electron chi connectivity index (χ3n) is 6.18. The van der Waals surface area contributed by atoms with E-state index in [1.165, 1.54) is 6.42 Å². The molecule has 0 radical (unpaired) electrons. The molecule has 0 aliphatic heterocycles. The van der Waals surface area contributed by atoms with Crippen molar-refractivity contribution >= 4 is 5.91 Å². The van der Waals surface area contributed by atoms with Crippen molar-refractivity contribution in [2.75, 3.05) is 0 Å². The van der Waals surface area contributed by atoms with Crippen LogP contribution in [-0.4, -0.2) is 37.2 Å². The number of rotatable bonds is 4. The van der Waals surface area contributed by atoms with E-state index in [0.717, 1.165) is 32.1 Å². The van der Waals surface area contributed by atoms with Gasteiger partial charge in [0.1, 0.15) is 0 Å². The molecule has 1 amide bonds. The van der Waals surface area contributed by atoms with Gasteiger partial charge in [-0.3, -0.25) is 4.79 Å². The maximum atomic E-state index is 12.9. The summed E-state index contributed by atoms with van der Waals surface area (Å²) in [5, 5.41) is 27.5. The molecule has 4 bridgehead atoms. The van der Waals surface area contributed by atoms with E-state index >= 15 is 0 Å². The molecule has 4 saturated carbocycles. The quantitative estimate of drug-likeness (QED) is 0.767. The Balaban J connectivity index is 1.56. The van der Waals surface area contributed by atoms with E-state index in [1.54, 1.807) is 0 Å². The highest BCUT2D eigenvalue weighted by molar-refractivity contribution is 5.83. The fraction of sp³-hybridized carbons (Fsp3) is 0.867. The van der Waals surface area contributed by atoms with Crippen LogP contribution in [0.3, 0.4) is 0 Å². The zero-order chi connectivity index (χ0) is 15.4. The van der Waals surface area contributed by atoms with Crippen LogP contribution in [0.2, 0.25) is 0 Å². The summed E-state index contributed by atoms with van der Waals surface area (Å²) in [6.45, 7) is 2.49. The lowest BCUT2D eigenvalue weighted by Gasteiger charge is -2.64. The van der Waals surface area contributed by atoms with E-state index < -0.39 is 11.0 Å². The molecule has 1 aromatic heterocycles. The SMILES string of the molecule is CC[C@]12C[C@H]3C[C@@](O)(C1)C[C@@](C(=O)NCc1nn[nH]n1)(C3)C2. The van der Waals surface area contributed by atoms with Crippen molar-refractivity contribution in [1.82, 2.24) is 25.9 Å². The summed E-state index contributed by atoms with van der Waals surface area (Å²) < 4.78 is 0. The van der Waals surface area contributed by atoms with Gasteiger partial charge < -0.3 is 10.4 Å². The van der Waals surface area contributed by atoms with Gasteiger partial charge in [0, 0.05) is 0 Å². The van der Waals surface area contributed by atoms with E-state index in [0.29, 0.717) is 24.7 Å². The van der Waals surface area contributed by atoms with E-state index in [-0.39, 0.29) is 11.3 Å². The summed E-state index contributed by atoms with van der Waals surface area (Å²) in [4.78, 5) is 12.9. The van der Waals surface area contributed by atoms with Gasteiger partial charge in [-0.25, -0.2) is 0 Å². The zero-order valence-corrected chi connectivity index (χ0v) is 12.9. The average molecular weight is 305 g/mol. The van der Waals surface area contributed by atoms with Crippen molar-refractivity contribution in [3.63, 3.8) is 0 Å². The highest BCUT2D eigenvalue weighted by atomic mass is 16.3. The maximum Gasteiger partial charge on any atom is 0.226 e. The minimum atomic E-state index is -0.640. The molecule has 1 heterocycles. The largest absolute Gasteiger partial charge is 0.390 e. The smallest absolute Gasteiger partial charge is 0.226 e. The molecule has 0 spiro atoms. The fourth-order valence-corrected chi connectivity index (χ4v) is 5.84.